The molecule has 7 rings (SSSR count). The highest BCUT2D eigenvalue weighted by Crippen LogP contribution is 2.45. The molecule has 49 heavy (non-hydrogen) atoms. The molecule has 1 aliphatic carbocycles. The third kappa shape index (κ3) is 6.16. The van der Waals surface area contributed by atoms with Gasteiger partial charge in [-0.1, -0.05) is 53.5 Å². The van der Waals surface area contributed by atoms with Crippen LogP contribution in [0.15, 0.2) is 58.1 Å². The van der Waals surface area contributed by atoms with Gasteiger partial charge in [0, 0.05) is 50.6 Å². The van der Waals surface area contributed by atoms with Crippen LogP contribution in [-0.2, 0) is 19.5 Å². The fourth-order valence-corrected chi connectivity index (χ4v) is 7.39. The van der Waals surface area contributed by atoms with Crippen LogP contribution < -0.4 is 15.0 Å². The monoisotopic (exact) mass is 700 g/mol. The molecule has 2 aliphatic rings. The number of nitrogens with zero attached hydrogens (tertiary/aromatic N) is 6. The Balaban J connectivity index is 1.20. The summed E-state index contributed by atoms with van der Waals surface area (Å²) in [5, 5.41) is 30.2. The number of rotatable bonds is 9. The highest BCUT2D eigenvalue weighted by Gasteiger charge is 2.30. The Morgan fingerprint density at radius 1 is 1.10 bits per heavy atom. The molecular formula is C36H34Cl2N6O5. The van der Waals surface area contributed by atoms with E-state index >= 15 is 0 Å². The highest BCUT2D eigenvalue weighted by molar-refractivity contribution is 6.36. The zero-order valence-electron chi connectivity index (χ0n) is 27.0. The molecule has 1 aliphatic heterocycles. The number of nitriles is 1. The van der Waals surface area contributed by atoms with Gasteiger partial charge in [-0.05, 0) is 48.1 Å². The summed E-state index contributed by atoms with van der Waals surface area (Å²) in [4.78, 5) is 15.9. The minimum absolute atomic E-state index is 0.120. The highest BCUT2D eigenvalue weighted by atomic mass is 35.5. The summed E-state index contributed by atoms with van der Waals surface area (Å²) in [6, 6.07) is 15.8. The summed E-state index contributed by atoms with van der Waals surface area (Å²) in [6.07, 6.45) is 3.21. The normalized spacial score (nSPS) is 17.9. The molecule has 1 fully saturated rings. The van der Waals surface area contributed by atoms with Gasteiger partial charge in [-0.15, -0.1) is 0 Å². The van der Waals surface area contributed by atoms with Crippen molar-refractivity contribution in [1.82, 2.24) is 19.4 Å². The second-order valence-electron chi connectivity index (χ2n) is 12.1. The Hall–Kier alpha value is -4.44. The lowest BCUT2D eigenvalue weighted by atomic mass is 9.95. The first kappa shape index (κ1) is 33.1. The first-order chi connectivity index (χ1) is 23.8. The number of pyridine rings is 2. The van der Waals surface area contributed by atoms with Crippen molar-refractivity contribution in [3.8, 4) is 40.4 Å². The standard InChI is InChI=1S/C36H34Cl2N6O5/c1-40-33-31-32(21(16-39)18-44(33)13-14-45)49-35(41-31)27-8-4-7-26(30(27)38)23-5-3-6-25-24(23)9-10-29(25)48-36-28(37)15-20(34(42-36)47-2)17-43-12-11-22(46)19-43/h3-8,15,18,22,29,45-46H,9-14,17,19H2,1-2H3/b40-33-/t22-,29+/m1/s1. The van der Waals surface area contributed by atoms with Crippen LogP contribution >= 0.6 is 23.2 Å². The Kier molecular flexibility index (Phi) is 9.33. The molecule has 0 saturated carbocycles. The average Bonchev–Trinajstić information content (AvgIpc) is 3.84. The van der Waals surface area contributed by atoms with E-state index in [2.05, 4.69) is 20.9 Å². The second kappa shape index (κ2) is 13.8. The number of hydrogen-bond donors (Lipinski definition) is 2. The van der Waals surface area contributed by atoms with Crippen molar-refractivity contribution in [2.45, 2.75) is 44.6 Å². The van der Waals surface area contributed by atoms with E-state index in [1.54, 1.807) is 24.9 Å². The van der Waals surface area contributed by atoms with Gasteiger partial charge < -0.3 is 28.7 Å². The SMILES string of the molecule is C/N=c1/c2nc(-c3cccc(-c4cccc5c4CC[C@@H]5Oc4nc(OC)c(CN5CC[C@@H](O)C5)cc4Cl)c3Cl)oc2c(C#N)cn1CCO. The summed E-state index contributed by atoms with van der Waals surface area (Å²) >= 11 is 13.8. The fraction of sp³-hybridized carbons (Fsp3) is 0.333. The van der Waals surface area contributed by atoms with Crippen LogP contribution in [0, 0.1) is 11.3 Å². The van der Waals surface area contributed by atoms with Crippen LogP contribution in [-0.4, -0.2) is 69.6 Å². The van der Waals surface area contributed by atoms with Crippen molar-refractivity contribution in [3.63, 3.8) is 0 Å². The maximum atomic E-state index is 9.93. The second-order valence-corrected chi connectivity index (χ2v) is 12.9. The lowest BCUT2D eigenvalue weighted by molar-refractivity contribution is 0.174. The number of aromatic nitrogens is 3. The van der Waals surface area contributed by atoms with E-state index in [1.165, 1.54) is 0 Å². The molecular weight excluding hydrogens is 667 g/mol. The first-order valence-corrected chi connectivity index (χ1v) is 16.8. The van der Waals surface area contributed by atoms with E-state index in [9.17, 15) is 15.5 Å². The van der Waals surface area contributed by atoms with Gasteiger partial charge in [-0.2, -0.15) is 10.2 Å². The number of ether oxygens (including phenoxy) is 2. The molecule has 5 aromatic rings. The van der Waals surface area contributed by atoms with E-state index in [1.807, 2.05) is 42.5 Å². The number of oxazole rings is 1. The number of β-amino-alcohol motifs (C(OH)–C–C–N with tert-alkyl or cyclic N) is 1. The van der Waals surface area contributed by atoms with Crippen LogP contribution in [0.25, 0.3) is 33.7 Å². The Morgan fingerprint density at radius 2 is 1.90 bits per heavy atom. The van der Waals surface area contributed by atoms with Gasteiger partial charge in [0.25, 0.3) is 0 Å². The zero-order chi connectivity index (χ0) is 34.2. The average molecular weight is 702 g/mol. The van der Waals surface area contributed by atoms with E-state index in [0.717, 1.165) is 53.6 Å². The summed E-state index contributed by atoms with van der Waals surface area (Å²) < 4.78 is 19.9. The van der Waals surface area contributed by atoms with Gasteiger partial charge in [0.15, 0.2) is 16.6 Å². The molecule has 0 unspecified atom stereocenters. The third-order valence-electron chi connectivity index (χ3n) is 9.12. The Bertz CT molecular complexity index is 2170. The van der Waals surface area contributed by atoms with Gasteiger partial charge in [-0.25, -0.2) is 4.98 Å². The number of methoxy groups -OCH3 is 1. The number of fused-ring (bicyclic) bond motifs is 2. The van der Waals surface area contributed by atoms with E-state index in [4.69, 9.17) is 42.1 Å². The maximum Gasteiger partial charge on any atom is 0.236 e. The van der Waals surface area contributed by atoms with Gasteiger partial charge in [0.1, 0.15) is 22.8 Å². The lowest BCUT2D eigenvalue weighted by Crippen LogP contribution is -2.23. The minimum atomic E-state index is -0.322. The lowest BCUT2D eigenvalue weighted by Gasteiger charge is -2.20. The fourth-order valence-electron chi connectivity index (χ4n) is 6.87. The molecule has 2 aromatic carbocycles. The Morgan fingerprint density at radius 3 is 2.63 bits per heavy atom. The van der Waals surface area contributed by atoms with E-state index < -0.39 is 0 Å². The summed E-state index contributed by atoms with van der Waals surface area (Å²) in [7, 11) is 3.20. The molecule has 4 heterocycles. The predicted molar refractivity (Wildman–Crippen MR) is 185 cm³/mol. The molecule has 0 radical (unpaired) electrons. The Labute approximate surface area is 292 Å². The number of halogens is 2. The van der Waals surface area contributed by atoms with E-state index in [-0.39, 0.29) is 36.8 Å². The molecule has 0 spiro atoms. The molecule has 252 valence electrons. The first-order valence-electron chi connectivity index (χ1n) is 16.0. The van der Waals surface area contributed by atoms with Gasteiger partial charge in [0.05, 0.1) is 30.4 Å². The quantitative estimate of drug-likeness (QED) is 0.198. The number of hydrogen-bond acceptors (Lipinski definition) is 10. The molecule has 3 aromatic heterocycles. The molecule has 0 bridgehead atoms. The topological polar surface area (TPSA) is 142 Å². The van der Waals surface area contributed by atoms with Crippen molar-refractivity contribution in [1.29, 1.82) is 5.26 Å². The zero-order valence-corrected chi connectivity index (χ0v) is 28.5. The third-order valence-corrected chi connectivity index (χ3v) is 9.80. The minimum Gasteiger partial charge on any atom is -0.481 e. The van der Waals surface area contributed by atoms with Crippen molar-refractivity contribution in [2.24, 2.45) is 4.99 Å². The van der Waals surface area contributed by atoms with Crippen molar-refractivity contribution in [3.05, 3.63) is 86.4 Å². The molecule has 1 saturated heterocycles. The van der Waals surface area contributed by atoms with Crippen LogP contribution in [0.2, 0.25) is 10.0 Å². The maximum absolute atomic E-state index is 9.93. The van der Waals surface area contributed by atoms with Gasteiger partial charge in [0.2, 0.25) is 17.7 Å². The predicted octanol–water partition coefficient (Wildman–Crippen LogP) is 5.70. The number of aliphatic hydroxyl groups excluding tert-OH is 2. The largest absolute Gasteiger partial charge is 0.481 e. The molecule has 2 N–H and O–H groups in total. The van der Waals surface area contributed by atoms with Crippen LogP contribution in [0.5, 0.6) is 11.8 Å². The van der Waals surface area contributed by atoms with Crippen molar-refractivity contribution < 1.29 is 24.1 Å². The summed E-state index contributed by atoms with van der Waals surface area (Å²) in [5.41, 5.74) is 6.82. The summed E-state index contributed by atoms with van der Waals surface area (Å²) in [6.45, 7) is 2.11. The van der Waals surface area contributed by atoms with Gasteiger partial charge >= 0.3 is 0 Å². The van der Waals surface area contributed by atoms with Crippen LogP contribution in [0.1, 0.15) is 41.2 Å². The molecule has 11 nitrogen and oxygen atoms in total. The van der Waals surface area contributed by atoms with Crippen LogP contribution in [0.4, 0.5) is 0 Å². The molecule has 2 atom stereocenters. The van der Waals surface area contributed by atoms with E-state index in [0.29, 0.717) is 57.0 Å². The molecule has 13 heteroatoms. The summed E-state index contributed by atoms with van der Waals surface area (Å²) in [5.74, 6) is 1.01. The number of benzene rings is 2. The number of aliphatic hydroxyl groups is 2. The molecule has 0 amide bonds. The van der Waals surface area contributed by atoms with Gasteiger partial charge in [-0.3, -0.25) is 9.89 Å². The van der Waals surface area contributed by atoms with Crippen molar-refractivity contribution >= 4 is 34.3 Å². The number of likely N-dealkylation sites (tertiary alicyclic amines) is 1. The van der Waals surface area contributed by atoms with Crippen molar-refractivity contribution in [2.75, 3.05) is 33.9 Å². The smallest absolute Gasteiger partial charge is 0.236 e. The van der Waals surface area contributed by atoms with Crippen LogP contribution in [0.3, 0.4) is 0 Å².